The van der Waals surface area contributed by atoms with Gasteiger partial charge in [-0.25, -0.2) is 0 Å². The summed E-state index contributed by atoms with van der Waals surface area (Å²) in [6.45, 7) is 9.34. The zero-order chi connectivity index (χ0) is 11.8. The van der Waals surface area contributed by atoms with Crippen molar-refractivity contribution in [2.75, 3.05) is 0 Å². The van der Waals surface area contributed by atoms with Crippen molar-refractivity contribution in [2.45, 2.75) is 65.4 Å². The molecule has 4 rings (SSSR count). The summed E-state index contributed by atoms with van der Waals surface area (Å²) >= 11 is 0. The van der Waals surface area contributed by atoms with E-state index in [9.17, 15) is 5.11 Å². The molecule has 2 atom stereocenters. The molecule has 0 aromatic heterocycles. The molecule has 4 aliphatic carbocycles. The highest BCUT2D eigenvalue weighted by Crippen LogP contribution is 2.68. The summed E-state index contributed by atoms with van der Waals surface area (Å²) in [5.74, 6) is 2.08. The third kappa shape index (κ3) is 1.21. The van der Waals surface area contributed by atoms with E-state index < -0.39 is 0 Å². The van der Waals surface area contributed by atoms with Crippen LogP contribution in [0.3, 0.4) is 0 Å². The first-order valence-corrected chi connectivity index (χ1v) is 6.97. The Morgan fingerprint density at radius 3 is 1.94 bits per heavy atom. The molecule has 1 nitrogen and oxygen atoms in total. The molecule has 1 N–H and O–H groups in total. The first-order chi connectivity index (χ1) is 7.25. The normalized spacial score (nSPS) is 55.7. The highest BCUT2D eigenvalue weighted by molar-refractivity contribution is 5.12. The van der Waals surface area contributed by atoms with Gasteiger partial charge >= 0.3 is 0 Å². The van der Waals surface area contributed by atoms with E-state index in [-0.39, 0.29) is 5.60 Å². The molecule has 92 valence electrons. The fourth-order valence-corrected chi connectivity index (χ4v) is 5.12. The van der Waals surface area contributed by atoms with E-state index in [4.69, 9.17) is 0 Å². The van der Waals surface area contributed by atoms with Gasteiger partial charge in [0.15, 0.2) is 0 Å². The van der Waals surface area contributed by atoms with Crippen LogP contribution in [0.25, 0.3) is 0 Å². The standard InChI is InChI=1S/C15H26O/c1-13(2,3)15-7-10-5-11(8-15)14(4,16)12(6-10)9-15/h10-12,16H,5-9H2,1-4H3. The summed E-state index contributed by atoms with van der Waals surface area (Å²) in [6, 6.07) is 0. The lowest BCUT2D eigenvalue weighted by molar-refractivity contribution is -0.216. The van der Waals surface area contributed by atoms with E-state index in [0.29, 0.717) is 22.7 Å². The van der Waals surface area contributed by atoms with Gasteiger partial charge in [-0.05, 0) is 67.6 Å². The molecule has 0 saturated heterocycles. The number of aliphatic hydroxyl groups is 1. The van der Waals surface area contributed by atoms with Gasteiger partial charge in [0.2, 0.25) is 0 Å². The average molecular weight is 222 g/mol. The van der Waals surface area contributed by atoms with Gasteiger partial charge in [-0.3, -0.25) is 0 Å². The predicted molar refractivity (Wildman–Crippen MR) is 66.1 cm³/mol. The molecular formula is C15H26O. The number of hydrogen-bond donors (Lipinski definition) is 1. The van der Waals surface area contributed by atoms with Gasteiger partial charge in [-0.15, -0.1) is 0 Å². The molecule has 1 heteroatoms. The molecule has 4 aliphatic rings. The van der Waals surface area contributed by atoms with Crippen LogP contribution >= 0.6 is 0 Å². The van der Waals surface area contributed by atoms with E-state index in [2.05, 4.69) is 27.7 Å². The molecule has 4 saturated carbocycles. The first-order valence-electron chi connectivity index (χ1n) is 6.97. The zero-order valence-corrected chi connectivity index (χ0v) is 11.2. The van der Waals surface area contributed by atoms with Gasteiger partial charge in [-0.2, -0.15) is 0 Å². The molecule has 0 heterocycles. The Kier molecular flexibility index (Phi) is 1.98. The molecule has 0 radical (unpaired) electrons. The SMILES string of the molecule is CC1(O)C2CC3CC1CC(C(C)(C)C)(C3)C2. The molecule has 0 amide bonds. The van der Waals surface area contributed by atoms with Crippen molar-refractivity contribution in [3.8, 4) is 0 Å². The van der Waals surface area contributed by atoms with Crippen molar-refractivity contribution in [1.29, 1.82) is 0 Å². The van der Waals surface area contributed by atoms with E-state index in [0.717, 1.165) is 5.92 Å². The highest BCUT2D eigenvalue weighted by Gasteiger charge is 2.62. The monoisotopic (exact) mass is 222 g/mol. The summed E-state index contributed by atoms with van der Waals surface area (Å²) in [6.07, 6.45) is 6.56. The van der Waals surface area contributed by atoms with Crippen LogP contribution in [0.2, 0.25) is 0 Å². The lowest BCUT2D eigenvalue weighted by atomic mass is 9.40. The summed E-state index contributed by atoms with van der Waals surface area (Å²) < 4.78 is 0. The third-order valence-electron chi connectivity index (χ3n) is 6.43. The fraction of sp³-hybridized carbons (Fsp3) is 1.00. The second-order valence-electron chi connectivity index (χ2n) is 8.10. The smallest absolute Gasteiger partial charge is 0.0676 e. The summed E-state index contributed by atoms with van der Waals surface area (Å²) in [5.41, 5.74) is 0.594. The topological polar surface area (TPSA) is 20.2 Å². The van der Waals surface area contributed by atoms with Gasteiger partial charge in [0.25, 0.3) is 0 Å². The van der Waals surface area contributed by atoms with Crippen molar-refractivity contribution in [1.82, 2.24) is 0 Å². The van der Waals surface area contributed by atoms with Crippen molar-refractivity contribution >= 4 is 0 Å². The van der Waals surface area contributed by atoms with Crippen LogP contribution in [0, 0.1) is 28.6 Å². The van der Waals surface area contributed by atoms with Crippen LogP contribution in [-0.4, -0.2) is 10.7 Å². The number of rotatable bonds is 0. The molecule has 0 aliphatic heterocycles. The minimum atomic E-state index is -0.355. The second-order valence-corrected chi connectivity index (χ2v) is 8.10. The fourth-order valence-electron chi connectivity index (χ4n) is 5.12. The van der Waals surface area contributed by atoms with Gasteiger partial charge in [0, 0.05) is 0 Å². The molecule has 16 heavy (non-hydrogen) atoms. The van der Waals surface area contributed by atoms with Crippen LogP contribution in [0.1, 0.15) is 59.8 Å². The maximum Gasteiger partial charge on any atom is 0.0676 e. The van der Waals surface area contributed by atoms with Gasteiger partial charge in [-0.1, -0.05) is 20.8 Å². The highest BCUT2D eigenvalue weighted by atomic mass is 16.3. The van der Waals surface area contributed by atoms with E-state index in [1.54, 1.807) is 0 Å². The van der Waals surface area contributed by atoms with Gasteiger partial charge in [0.1, 0.15) is 0 Å². The van der Waals surface area contributed by atoms with Crippen molar-refractivity contribution in [3.05, 3.63) is 0 Å². The van der Waals surface area contributed by atoms with Crippen LogP contribution in [0.4, 0.5) is 0 Å². The Hall–Kier alpha value is -0.0400. The van der Waals surface area contributed by atoms with Crippen molar-refractivity contribution in [3.63, 3.8) is 0 Å². The minimum absolute atomic E-state index is 0.355. The van der Waals surface area contributed by atoms with Crippen LogP contribution < -0.4 is 0 Å². The lowest BCUT2D eigenvalue weighted by Crippen LogP contribution is -2.62. The van der Waals surface area contributed by atoms with Gasteiger partial charge in [0.05, 0.1) is 5.60 Å². The third-order valence-corrected chi connectivity index (χ3v) is 6.43. The first kappa shape index (κ1) is 11.1. The zero-order valence-electron chi connectivity index (χ0n) is 11.2. The van der Waals surface area contributed by atoms with Crippen LogP contribution in [0.15, 0.2) is 0 Å². The van der Waals surface area contributed by atoms with Crippen LogP contribution in [-0.2, 0) is 0 Å². The van der Waals surface area contributed by atoms with Crippen molar-refractivity contribution < 1.29 is 5.11 Å². The maximum atomic E-state index is 10.7. The average Bonchev–Trinajstić information content (AvgIpc) is 2.12. The minimum Gasteiger partial charge on any atom is -0.390 e. The summed E-state index contributed by atoms with van der Waals surface area (Å²) in [4.78, 5) is 0. The van der Waals surface area contributed by atoms with E-state index >= 15 is 0 Å². The van der Waals surface area contributed by atoms with Crippen molar-refractivity contribution in [2.24, 2.45) is 28.6 Å². The molecule has 0 aromatic carbocycles. The number of hydrogen-bond acceptors (Lipinski definition) is 1. The molecule has 4 bridgehead atoms. The van der Waals surface area contributed by atoms with Gasteiger partial charge < -0.3 is 5.11 Å². The summed E-state index contributed by atoms with van der Waals surface area (Å²) in [5, 5.41) is 10.7. The van der Waals surface area contributed by atoms with E-state index in [1.807, 2.05) is 0 Å². The molecule has 2 unspecified atom stereocenters. The predicted octanol–water partition coefficient (Wildman–Crippen LogP) is 3.61. The van der Waals surface area contributed by atoms with Crippen LogP contribution in [0.5, 0.6) is 0 Å². The second kappa shape index (κ2) is 2.85. The quantitative estimate of drug-likeness (QED) is 0.664. The maximum absolute atomic E-state index is 10.7. The largest absolute Gasteiger partial charge is 0.390 e. The Balaban J connectivity index is 1.99. The molecular weight excluding hydrogens is 196 g/mol. The molecule has 4 fully saturated rings. The lowest BCUT2D eigenvalue weighted by Gasteiger charge is -2.66. The Morgan fingerprint density at radius 1 is 1.00 bits per heavy atom. The van der Waals surface area contributed by atoms with E-state index in [1.165, 1.54) is 32.1 Å². The Labute approximate surface area is 99.6 Å². The molecule has 0 spiro atoms. The Bertz CT molecular complexity index is 292. The Morgan fingerprint density at radius 2 is 1.50 bits per heavy atom. The summed E-state index contributed by atoms with van der Waals surface area (Å²) in [7, 11) is 0. The molecule has 0 aromatic rings.